The zero-order chi connectivity index (χ0) is 13.7. The van der Waals surface area contributed by atoms with Gasteiger partial charge in [0.15, 0.2) is 5.78 Å². The van der Waals surface area contributed by atoms with Crippen molar-refractivity contribution in [1.29, 1.82) is 0 Å². The fourth-order valence-electron chi connectivity index (χ4n) is 2.44. The van der Waals surface area contributed by atoms with Crippen molar-refractivity contribution in [2.24, 2.45) is 0 Å². The minimum atomic E-state index is 0.163. The summed E-state index contributed by atoms with van der Waals surface area (Å²) in [5, 5.41) is 1.91. The summed E-state index contributed by atoms with van der Waals surface area (Å²) in [5.74, 6) is 0.379. The summed E-state index contributed by atoms with van der Waals surface area (Å²) in [5.41, 5.74) is 0.799. The minimum absolute atomic E-state index is 0.163. The van der Waals surface area contributed by atoms with E-state index < -0.39 is 0 Å². The fraction of sp³-hybridized carbons (Fsp3) is 0.600. The molecular formula is C15H21NO2S. The molecule has 1 aliphatic rings. The van der Waals surface area contributed by atoms with Crippen LogP contribution >= 0.6 is 11.3 Å². The molecule has 19 heavy (non-hydrogen) atoms. The minimum Gasteiger partial charge on any atom is -0.343 e. The van der Waals surface area contributed by atoms with Gasteiger partial charge in [-0.2, -0.15) is 0 Å². The van der Waals surface area contributed by atoms with Gasteiger partial charge < -0.3 is 4.90 Å². The normalized spacial score (nSPS) is 15.5. The summed E-state index contributed by atoms with van der Waals surface area (Å²) < 4.78 is 0. The monoisotopic (exact) mass is 279 g/mol. The first-order valence-electron chi connectivity index (χ1n) is 7.03. The van der Waals surface area contributed by atoms with Crippen LogP contribution in [0.3, 0.4) is 0 Å². The number of amides is 1. The number of carbonyl (C=O) groups excluding carboxylic acids is 2. The Morgan fingerprint density at radius 2 is 1.95 bits per heavy atom. The molecule has 0 aromatic carbocycles. The highest BCUT2D eigenvalue weighted by atomic mass is 32.1. The predicted molar refractivity (Wildman–Crippen MR) is 77.7 cm³/mol. The van der Waals surface area contributed by atoms with Gasteiger partial charge in [-0.15, -0.1) is 11.3 Å². The van der Waals surface area contributed by atoms with Gasteiger partial charge in [-0.05, 0) is 38.7 Å². The van der Waals surface area contributed by atoms with Gasteiger partial charge in [0.05, 0.1) is 0 Å². The molecular weight excluding hydrogens is 258 g/mol. The Bertz CT molecular complexity index is 447. The number of rotatable bonds is 5. The third-order valence-electron chi connectivity index (χ3n) is 3.56. The lowest BCUT2D eigenvalue weighted by Gasteiger charge is -2.26. The zero-order valence-corrected chi connectivity index (χ0v) is 12.3. The van der Waals surface area contributed by atoms with Crippen LogP contribution < -0.4 is 0 Å². The second-order valence-electron chi connectivity index (χ2n) is 5.16. The van der Waals surface area contributed by atoms with E-state index >= 15 is 0 Å². The van der Waals surface area contributed by atoms with Crippen molar-refractivity contribution >= 4 is 23.0 Å². The third-order valence-corrected chi connectivity index (χ3v) is 4.42. The molecule has 1 aromatic heterocycles. The van der Waals surface area contributed by atoms with Crippen molar-refractivity contribution in [2.45, 2.75) is 45.4 Å². The maximum Gasteiger partial charge on any atom is 0.222 e. The van der Waals surface area contributed by atoms with E-state index in [-0.39, 0.29) is 11.7 Å². The van der Waals surface area contributed by atoms with Crippen molar-refractivity contribution in [3.63, 3.8) is 0 Å². The van der Waals surface area contributed by atoms with E-state index in [9.17, 15) is 9.59 Å². The number of hydrogen-bond donors (Lipinski definition) is 0. The lowest BCUT2D eigenvalue weighted by Crippen LogP contribution is -2.35. The van der Waals surface area contributed by atoms with E-state index in [0.29, 0.717) is 19.3 Å². The maximum absolute atomic E-state index is 11.9. The molecule has 2 heterocycles. The van der Waals surface area contributed by atoms with Crippen LogP contribution in [0.1, 0.15) is 53.8 Å². The van der Waals surface area contributed by atoms with E-state index in [1.807, 2.05) is 23.3 Å². The third kappa shape index (κ3) is 4.16. The molecule has 3 nitrogen and oxygen atoms in total. The Hall–Kier alpha value is -1.16. The highest BCUT2D eigenvalue weighted by Crippen LogP contribution is 2.16. The van der Waals surface area contributed by atoms with Crippen molar-refractivity contribution in [2.75, 3.05) is 13.1 Å². The van der Waals surface area contributed by atoms with E-state index in [4.69, 9.17) is 0 Å². The quantitative estimate of drug-likeness (QED) is 0.774. The first-order chi connectivity index (χ1) is 9.16. The Kier molecular flexibility index (Phi) is 5.14. The van der Waals surface area contributed by atoms with Gasteiger partial charge in [-0.25, -0.2) is 0 Å². The van der Waals surface area contributed by atoms with Crippen molar-refractivity contribution < 1.29 is 9.59 Å². The van der Waals surface area contributed by atoms with Crippen LogP contribution in [0.15, 0.2) is 11.4 Å². The van der Waals surface area contributed by atoms with Gasteiger partial charge in [-0.3, -0.25) is 9.59 Å². The van der Waals surface area contributed by atoms with Gasteiger partial charge in [0.25, 0.3) is 0 Å². The van der Waals surface area contributed by atoms with Gasteiger partial charge in [0.2, 0.25) is 5.91 Å². The molecule has 1 aliphatic heterocycles. The number of piperidine rings is 1. The number of ketones is 1. The van der Waals surface area contributed by atoms with Crippen molar-refractivity contribution in [3.8, 4) is 0 Å². The lowest BCUT2D eigenvalue weighted by molar-refractivity contribution is -0.132. The molecule has 1 fully saturated rings. The number of nitrogens with zero attached hydrogens (tertiary/aromatic N) is 1. The van der Waals surface area contributed by atoms with Crippen LogP contribution in [0.5, 0.6) is 0 Å². The number of Topliss-reactive ketones (excluding diaryl/α,β-unsaturated/α-hetero) is 1. The molecule has 4 heteroatoms. The first-order valence-corrected chi connectivity index (χ1v) is 7.91. The average molecular weight is 279 g/mol. The summed E-state index contributed by atoms with van der Waals surface area (Å²) in [7, 11) is 0. The van der Waals surface area contributed by atoms with Crippen LogP contribution in [-0.2, 0) is 4.79 Å². The SMILES string of the molecule is Cc1cc(C(=O)CCCC(=O)N2CCCCC2)cs1. The number of hydrogen-bond acceptors (Lipinski definition) is 3. The lowest BCUT2D eigenvalue weighted by atomic mass is 10.1. The topological polar surface area (TPSA) is 37.4 Å². The van der Waals surface area contributed by atoms with Crippen LogP contribution in [-0.4, -0.2) is 29.7 Å². The molecule has 0 aliphatic carbocycles. The summed E-state index contributed by atoms with van der Waals surface area (Å²) in [6, 6.07) is 1.93. The van der Waals surface area contributed by atoms with Crippen LogP contribution in [0, 0.1) is 6.92 Å². The Morgan fingerprint density at radius 1 is 1.21 bits per heavy atom. The summed E-state index contributed by atoms with van der Waals surface area (Å²) >= 11 is 1.60. The Labute approximate surface area is 118 Å². The van der Waals surface area contributed by atoms with E-state index in [1.54, 1.807) is 11.3 Å². The molecule has 104 valence electrons. The second kappa shape index (κ2) is 6.85. The Balaban J connectivity index is 1.71. The molecule has 0 radical (unpaired) electrons. The van der Waals surface area contributed by atoms with Gasteiger partial charge in [0.1, 0.15) is 0 Å². The fourth-order valence-corrected chi connectivity index (χ4v) is 3.14. The smallest absolute Gasteiger partial charge is 0.222 e. The van der Waals surface area contributed by atoms with Gasteiger partial charge in [-0.1, -0.05) is 0 Å². The van der Waals surface area contributed by atoms with E-state index in [1.165, 1.54) is 6.42 Å². The molecule has 1 saturated heterocycles. The van der Waals surface area contributed by atoms with E-state index in [0.717, 1.165) is 36.4 Å². The Morgan fingerprint density at radius 3 is 2.58 bits per heavy atom. The molecule has 0 unspecified atom stereocenters. The molecule has 0 saturated carbocycles. The zero-order valence-electron chi connectivity index (χ0n) is 11.5. The summed E-state index contributed by atoms with van der Waals surface area (Å²) in [4.78, 5) is 26.9. The van der Waals surface area contributed by atoms with Crippen molar-refractivity contribution in [3.05, 3.63) is 21.9 Å². The van der Waals surface area contributed by atoms with Crippen LogP contribution in [0.25, 0.3) is 0 Å². The first kappa shape index (κ1) is 14.3. The molecule has 0 atom stereocenters. The standard InChI is InChI=1S/C15H21NO2S/c1-12-10-13(11-19-12)14(17)6-5-7-15(18)16-8-3-2-4-9-16/h10-11H,2-9H2,1H3. The number of likely N-dealkylation sites (tertiary alicyclic amines) is 1. The molecule has 0 N–H and O–H groups in total. The average Bonchev–Trinajstić information content (AvgIpc) is 2.86. The van der Waals surface area contributed by atoms with Crippen LogP contribution in [0.4, 0.5) is 0 Å². The largest absolute Gasteiger partial charge is 0.343 e. The molecule has 0 spiro atoms. The molecule has 0 bridgehead atoms. The van der Waals surface area contributed by atoms with E-state index in [2.05, 4.69) is 0 Å². The number of aryl methyl sites for hydroxylation is 1. The summed E-state index contributed by atoms with van der Waals surface area (Å²) in [6.07, 6.45) is 5.14. The summed E-state index contributed by atoms with van der Waals surface area (Å²) in [6.45, 7) is 3.80. The highest BCUT2D eigenvalue weighted by Gasteiger charge is 2.16. The van der Waals surface area contributed by atoms with Crippen molar-refractivity contribution in [1.82, 2.24) is 4.90 Å². The number of carbonyl (C=O) groups is 2. The van der Waals surface area contributed by atoms with Gasteiger partial charge >= 0.3 is 0 Å². The molecule has 1 aromatic rings. The maximum atomic E-state index is 11.9. The highest BCUT2D eigenvalue weighted by molar-refractivity contribution is 7.10. The number of thiophene rings is 1. The molecule has 1 amide bonds. The second-order valence-corrected chi connectivity index (χ2v) is 6.28. The molecule has 2 rings (SSSR count). The predicted octanol–water partition coefficient (Wildman–Crippen LogP) is 3.42. The van der Waals surface area contributed by atoms with Crippen LogP contribution in [0.2, 0.25) is 0 Å². The van der Waals surface area contributed by atoms with Gasteiger partial charge in [0, 0.05) is 41.8 Å².